The van der Waals surface area contributed by atoms with Gasteiger partial charge >= 0.3 is 0 Å². The number of piperidine rings is 2. The van der Waals surface area contributed by atoms with Crippen LogP contribution in [-0.2, 0) is 16.0 Å². The van der Waals surface area contributed by atoms with E-state index in [-0.39, 0.29) is 17.7 Å². The quantitative estimate of drug-likeness (QED) is 0.835. The summed E-state index contributed by atoms with van der Waals surface area (Å²) in [5, 5.41) is 3.82. The molecule has 2 fully saturated rings. The Hall–Kier alpha value is -1.92. The van der Waals surface area contributed by atoms with Gasteiger partial charge in [0.15, 0.2) is 5.82 Å². The molecule has 0 radical (unpaired) electrons. The maximum absolute atomic E-state index is 12.7. The summed E-state index contributed by atoms with van der Waals surface area (Å²) in [5.41, 5.74) is 0. The summed E-state index contributed by atoms with van der Waals surface area (Å²) >= 11 is 0. The van der Waals surface area contributed by atoms with Crippen molar-refractivity contribution in [2.75, 3.05) is 26.2 Å². The molecule has 0 saturated carbocycles. The van der Waals surface area contributed by atoms with E-state index >= 15 is 0 Å². The van der Waals surface area contributed by atoms with E-state index < -0.39 is 0 Å². The molecule has 132 valence electrons. The Morgan fingerprint density at radius 1 is 1.17 bits per heavy atom. The molecule has 0 N–H and O–H groups in total. The van der Waals surface area contributed by atoms with Crippen molar-refractivity contribution in [3.05, 3.63) is 11.7 Å². The lowest BCUT2D eigenvalue weighted by Crippen LogP contribution is -2.48. The smallest absolute Gasteiger partial charge is 0.227 e. The molecule has 2 amide bonds. The molecular formula is C17H26N4O3. The molecule has 1 atom stereocenters. The van der Waals surface area contributed by atoms with Gasteiger partial charge in [0.2, 0.25) is 17.7 Å². The summed E-state index contributed by atoms with van der Waals surface area (Å²) in [4.78, 5) is 32.3. The lowest BCUT2D eigenvalue weighted by molar-refractivity contribution is -0.141. The zero-order chi connectivity index (χ0) is 17.1. The minimum Gasteiger partial charge on any atom is -0.342 e. The fourth-order valence-corrected chi connectivity index (χ4v) is 3.75. The molecule has 7 nitrogen and oxygen atoms in total. The molecule has 1 aromatic rings. The summed E-state index contributed by atoms with van der Waals surface area (Å²) in [6.45, 7) is 6.33. The molecule has 0 spiro atoms. The number of amides is 2. The predicted octanol–water partition coefficient (Wildman–Crippen LogP) is 1.42. The highest BCUT2D eigenvalue weighted by Gasteiger charge is 2.32. The first-order chi connectivity index (χ1) is 11.5. The largest absolute Gasteiger partial charge is 0.342 e. The molecule has 2 aliphatic rings. The van der Waals surface area contributed by atoms with Crippen LogP contribution >= 0.6 is 0 Å². The third kappa shape index (κ3) is 3.94. The van der Waals surface area contributed by atoms with Crippen LogP contribution in [0, 0.1) is 18.8 Å². The molecule has 3 rings (SSSR count). The van der Waals surface area contributed by atoms with Gasteiger partial charge in [-0.05, 0) is 38.5 Å². The number of carbonyl (C=O) groups is 2. The molecule has 3 heterocycles. The van der Waals surface area contributed by atoms with E-state index in [1.165, 1.54) is 0 Å². The van der Waals surface area contributed by atoms with Crippen LogP contribution in [0.1, 0.15) is 44.3 Å². The topological polar surface area (TPSA) is 79.5 Å². The number of nitrogens with zero attached hydrogens (tertiary/aromatic N) is 4. The minimum absolute atomic E-state index is 0.0298. The molecule has 2 saturated heterocycles. The average Bonchev–Trinajstić information content (AvgIpc) is 3.00. The van der Waals surface area contributed by atoms with Gasteiger partial charge in [-0.2, -0.15) is 4.98 Å². The summed E-state index contributed by atoms with van der Waals surface area (Å²) in [6, 6.07) is 0. The normalized spacial score (nSPS) is 22.7. The van der Waals surface area contributed by atoms with Crippen molar-refractivity contribution >= 4 is 11.8 Å². The minimum atomic E-state index is -0.0298. The number of hydrogen-bond acceptors (Lipinski definition) is 5. The van der Waals surface area contributed by atoms with Gasteiger partial charge in [-0.25, -0.2) is 0 Å². The Morgan fingerprint density at radius 3 is 2.54 bits per heavy atom. The van der Waals surface area contributed by atoms with Gasteiger partial charge in [-0.3, -0.25) is 9.59 Å². The van der Waals surface area contributed by atoms with E-state index in [1.807, 2.05) is 11.8 Å². The third-order valence-corrected chi connectivity index (χ3v) is 5.18. The van der Waals surface area contributed by atoms with Crippen LogP contribution in [0.2, 0.25) is 0 Å². The van der Waals surface area contributed by atoms with Crippen molar-refractivity contribution in [1.29, 1.82) is 0 Å². The second kappa shape index (κ2) is 7.32. The van der Waals surface area contributed by atoms with E-state index in [0.29, 0.717) is 24.2 Å². The van der Waals surface area contributed by atoms with E-state index in [2.05, 4.69) is 10.1 Å². The fraction of sp³-hybridized carbons (Fsp3) is 0.765. The zero-order valence-corrected chi connectivity index (χ0v) is 14.5. The second-order valence-corrected chi connectivity index (χ2v) is 7.01. The second-order valence-electron chi connectivity index (χ2n) is 7.01. The molecule has 2 aliphatic heterocycles. The number of likely N-dealkylation sites (tertiary alicyclic amines) is 2. The number of aryl methyl sites for hydroxylation is 1. The highest BCUT2D eigenvalue weighted by atomic mass is 16.5. The lowest BCUT2D eigenvalue weighted by Gasteiger charge is -2.37. The lowest BCUT2D eigenvalue weighted by atomic mass is 9.91. The van der Waals surface area contributed by atoms with E-state index in [9.17, 15) is 9.59 Å². The number of rotatable bonds is 3. The maximum Gasteiger partial charge on any atom is 0.227 e. The monoisotopic (exact) mass is 334 g/mol. The van der Waals surface area contributed by atoms with Gasteiger partial charge in [-0.15, -0.1) is 0 Å². The first-order valence-corrected chi connectivity index (χ1v) is 8.86. The van der Waals surface area contributed by atoms with Crippen molar-refractivity contribution in [2.24, 2.45) is 11.8 Å². The fourth-order valence-electron chi connectivity index (χ4n) is 3.75. The Labute approximate surface area is 142 Å². The van der Waals surface area contributed by atoms with Crippen LogP contribution in [0.4, 0.5) is 0 Å². The Kier molecular flexibility index (Phi) is 5.16. The van der Waals surface area contributed by atoms with E-state index in [0.717, 1.165) is 51.7 Å². The molecule has 7 heteroatoms. The van der Waals surface area contributed by atoms with Crippen LogP contribution in [-0.4, -0.2) is 57.9 Å². The van der Waals surface area contributed by atoms with Gasteiger partial charge in [-0.1, -0.05) is 5.16 Å². The van der Waals surface area contributed by atoms with Crippen LogP contribution < -0.4 is 0 Å². The summed E-state index contributed by atoms with van der Waals surface area (Å²) in [6.07, 6.45) is 4.55. The molecule has 0 aromatic carbocycles. The molecule has 0 unspecified atom stereocenters. The van der Waals surface area contributed by atoms with Crippen molar-refractivity contribution in [3.63, 3.8) is 0 Å². The Bertz CT molecular complexity index is 592. The van der Waals surface area contributed by atoms with Crippen molar-refractivity contribution in [2.45, 2.75) is 46.0 Å². The predicted molar refractivity (Wildman–Crippen MR) is 87.0 cm³/mol. The molecule has 24 heavy (non-hydrogen) atoms. The molecular weight excluding hydrogens is 308 g/mol. The molecule has 1 aromatic heterocycles. The van der Waals surface area contributed by atoms with E-state index in [4.69, 9.17) is 4.52 Å². The average molecular weight is 334 g/mol. The van der Waals surface area contributed by atoms with Gasteiger partial charge in [0, 0.05) is 39.5 Å². The first kappa shape index (κ1) is 16.9. The zero-order valence-electron chi connectivity index (χ0n) is 14.5. The number of hydrogen-bond donors (Lipinski definition) is 0. The van der Waals surface area contributed by atoms with Gasteiger partial charge < -0.3 is 14.3 Å². The van der Waals surface area contributed by atoms with Crippen molar-refractivity contribution in [3.8, 4) is 0 Å². The summed E-state index contributed by atoms with van der Waals surface area (Å²) in [5.74, 6) is 2.12. The van der Waals surface area contributed by atoms with E-state index in [1.54, 1.807) is 11.8 Å². The molecule has 0 aliphatic carbocycles. The Balaban J connectivity index is 1.49. The van der Waals surface area contributed by atoms with Crippen molar-refractivity contribution in [1.82, 2.24) is 19.9 Å². The standard InChI is InChI=1S/C17H26N4O3/c1-12-18-16(24-19-12)10-14-5-8-20(9-6-14)17(23)15-4-3-7-21(11-15)13(2)22/h14-15H,3-11H2,1-2H3/t15-/m0/s1. The van der Waals surface area contributed by atoms with Gasteiger partial charge in [0.25, 0.3) is 0 Å². The number of carbonyl (C=O) groups excluding carboxylic acids is 2. The summed E-state index contributed by atoms with van der Waals surface area (Å²) < 4.78 is 5.19. The van der Waals surface area contributed by atoms with Crippen LogP contribution in [0.15, 0.2) is 4.52 Å². The van der Waals surface area contributed by atoms with Crippen LogP contribution in [0.3, 0.4) is 0 Å². The Morgan fingerprint density at radius 2 is 1.92 bits per heavy atom. The summed E-state index contributed by atoms with van der Waals surface area (Å²) in [7, 11) is 0. The maximum atomic E-state index is 12.7. The van der Waals surface area contributed by atoms with Crippen LogP contribution in [0.5, 0.6) is 0 Å². The van der Waals surface area contributed by atoms with Gasteiger partial charge in [0.05, 0.1) is 5.92 Å². The highest BCUT2D eigenvalue weighted by molar-refractivity contribution is 5.80. The van der Waals surface area contributed by atoms with Crippen LogP contribution in [0.25, 0.3) is 0 Å². The third-order valence-electron chi connectivity index (χ3n) is 5.18. The van der Waals surface area contributed by atoms with Gasteiger partial charge in [0.1, 0.15) is 0 Å². The molecule has 0 bridgehead atoms. The van der Waals surface area contributed by atoms with Crippen molar-refractivity contribution < 1.29 is 14.1 Å². The SMILES string of the molecule is CC(=O)N1CCC[C@H](C(=O)N2CCC(Cc3nc(C)no3)CC2)C1. The number of aromatic nitrogens is 2. The highest BCUT2D eigenvalue weighted by Crippen LogP contribution is 2.25. The first-order valence-electron chi connectivity index (χ1n) is 8.86.